The molecule has 7 rings (SSSR count). The van der Waals surface area contributed by atoms with Crippen LogP contribution in [0.2, 0.25) is 0 Å². The number of carbonyl (C=O) groups is 1. The van der Waals surface area contributed by atoms with Gasteiger partial charge in [0.2, 0.25) is 0 Å². The summed E-state index contributed by atoms with van der Waals surface area (Å²) in [5, 5.41) is 8.38. The molecule has 6 nitrogen and oxygen atoms in total. The lowest BCUT2D eigenvalue weighted by Gasteiger charge is -2.61. The summed E-state index contributed by atoms with van der Waals surface area (Å²) in [5.74, 6) is 2.95. The van der Waals surface area contributed by atoms with Gasteiger partial charge in [0.1, 0.15) is 0 Å². The van der Waals surface area contributed by atoms with Gasteiger partial charge < -0.3 is 4.90 Å². The van der Waals surface area contributed by atoms with Crippen LogP contribution in [-0.4, -0.2) is 62.4 Å². The minimum Gasteiger partial charge on any atom is -0.335 e. The van der Waals surface area contributed by atoms with E-state index in [-0.39, 0.29) is 5.91 Å². The smallest absolute Gasteiger partial charge is 0.276 e. The summed E-state index contributed by atoms with van der Waals surface area (Å²) in [6.45, 7) is 4.40. The molecule has 1 aromatic carbocycles. The highest BCUT2D eigenvalue weighted by Gasteiger charge is 2.53. The van der Waals surface area contributed by atoms with Crippen molar-refractivity contribution in [3.8, 4) is 0 Å². The van der Waals surface area contributed by atoms with Crippen LogP contribution in [0.15, 0.2) is 36.5 Å². The average molecular weight is 420 g/mol. The minimum absolute atomic E-state index is 0.0381. The van der Waals surface area contributed by atoms with Crippen LogP contribution in [0.3, 0.4) is 0 Å². The first-order valence-electron chi connectivity index (χ1n) is 12.2. The number of hydrogen-bond donors (Lipinski definition) is 0. The molecular weight excluding hydrogens is 386 g/mol. The Kier molecular flexibility index (Phi) is 4.86. The normalized spacial score (nSPS) is 32.5. The molecule has 4 saturated carbocycles. The maximum atomic E-state index is 13.0. The standard InChI is InChI=1S/C25H33N5O/c31-24(23-18-30(27-26-23)7-6-19-4-2-1-3-5-19)28-8-10-29(11-9-28)25-15-20-12-21(16-25)14-22(13-20)17-25/h1-5,18,20-22H,6-17H2. The van der Waals surface area contributed by atoms with Crippen molar-refractivity contribution in [2.75, 3.05) is 26.2 Å². The van der Waals surface area contributed by atoms with Crippen LogP contribution in [0.4, 0.5) is 0 Å². The quantitative estimate of drug-likeness (QED) is 0.747. The second-order valence-corrected chi connectivity index (χ2v) is 10.5. The summed E-state index contributed by atoms with van der Waals surface area (Å²) in [4.78, 5) is 17.8. The molecule has 1 saturated heterocycles. The fourth-order valence-corrected chi connectivity index (χ4v) is 7.39. The Morgan fingerprint density at radius 2 is 1.58 bits per heavy atom. The predicted octanol–water partition coefficient (Wildman–Crippen LogP) is 3.25. The van der Waals surface area contributed by atoms with Crippen molar-refractivity contribution in [1.29, 1.82) is 0 Å². The highest BCUT2D eigenvalue weighted by atomic mass is 16.2. The van der Waals surface area contributed by atoms with Crippen LogP contribution in [-0.2, 0) is 13.0 Å². The van der Waals surface area contributed by atoms with Gasteiger partial charge in [-0.1, -0.05) is 35.5 Å². The Bertz CT molecular complexity index is 895. The lowest BCUT2D eigenvalue weighted by molar-refractivity contribution is -0.0987. The summed E-state index contributed by atoms with van der Waals surface area (Å²) in [6, 6.07) is 10.4. The first-order chi connectivity index (χ1) is 15.2. The molecular formula is C25H33N5O. The zero-order chi connectivity index (χ0) is 20.8. The van der Waals surface area contributed by atoms with E-state index in [1.807, 2.05) is 17.2 Å². The van der Waals surface area contributed by atoms with E-state index >= 15 is 0 Å². The summed E-state index contributed by atoms with van der Waals surface area (Å²) >= 11 is 0. The van der Waals surface area contributed by atoms with Crippen LogP contribution in [0.1, 0.15) is 54.6 Å². The molecule has 4 aliphatic carbocycles. The minimum atomic E-state index is 0.0381. The fourth-order valence-electron chi connectivity index (χ4n) is 7.39. The van der Waals surface area contributed by atoms with E-state index in [1.54, 1.807) is 4.68 Å². The van der Waals surface area contributed by atoms with Gasteiger partial charge in [0, 0.05) is 38.3 Å². The molecule has 0 N–H and O–H groups in total. The molecule has 6 heteroatoms. The second-order valence-electron chi connectivity index (χ2n) is 10.5. The van der Waals surface area contributed by atoms with E-state index in [4.69, 9.17) is 0 Å². The van der Waals surface area contributed by atoms with Crippen LogP contribution in [0, 0.1) is 17.8 Å². The maximum Gasteiger partial charge on any atom is 0.276 e. The molecule has 2 aromatic rings. The third-order valence-electron chi connectivity index (χ3n) is 8.47. The zero-order valence-electron chi connectivity index (χ0n) is 18.3. The molecule has 1 amide bonds. The third kappa shape index (κ3) is 3.69. The van der Waals surface area contributed by atoms with Gasteiger partial charge in [-0.2, -0.15) is 0 Å². The number of hydrogen-bond acceptors (Lipinski definition) is 4. The number of amides is 1. The molecule has 4 bridgehead atoms. The summed E-state index contributed by atoms with van der Waals surface area (Å²) in [5.41, 5.74) is 2.20. The van der Waals surface area contributed by atoms with Crippen molar-refractivity contribution in [2.24, 2.45) is 17.8 Å². The van der Waals surface area contributed by atoms with Gasteiger partial charge in [-0.25, -0.2) is 0 Å². The van der Waals surface area contributed by atoms with Crippen LogP contribution >= 0.6 is 0 Å². The second kappa shape index (κ2) is 7.73. The van der Waals surface area contributed by atoms with Gasteiger partial charge in [0.15, 0.2) is 5.69 Å². The average Bonchev–Trinajstić information content (AvgIpc) is 3.26. The Balaban J connectivity index is 1.05. The largest absolute Gasteiger partial charge is 0.335 e. The monoisotopic (exact) mass is 419 g/mol. The zero-order valence-corrected chi connectivity index (χ0v) is 18.3. The molecule has 0 spiro atoms. The molecule has 2 heterocycles. The maximum absolute atomic E-state index is 13.0. The van der Waals surface area contributed by atoms with E-state index in [1.165, 1.54) is 44.1 Å². The van der Waals surface area contributed by atoms with Crippen molar-refractivity contribution in [3.05, 3.63) is 47.8 Å². The number of benzene rings is 1. The predicted molar refractivity (Wildman–Crippen MR) is 119 cm³/mol. The number of rotatable bonds is 5. The summed E-state index contributed by atoms with van der Waals surface area (Å²) in [6.07, 6.45) is 11.4. The van der Waals surface area contributed by atoms with Crippen LogP contribution < -0.4 is 0 Å². The van der Waals surface area contributed by atoms with Crippen molar-refractivity contribution in [3.63, 3.8) is 0 Å². The van der Waals surface area contributed by atoms with Gasteiger partial charge in [-0.3, -0.25) is 14.4 Å². The van der Waals surface area contributed by atoms with Crippen molar-refractivity contribution < 1.29 is 4.79 Å². The van der Waals surface area contributed by atoms with E-state index < -0.39 is 0 Å². The highest BCUT2D eigenvalue weighted by molar-refractivity contribution is 5.92. The van der Waals surface area contributed by atoms with Crippen molar-refractivity contribution >= 4 is 5.91 Å². The van der Waals surface area contributed by atoms with E-state index in [2.05, 4.69) is 39.5 Å². The number of aryl methyl sites for hydroxylation is 2. The Morgan fingerprint density at radius 1 is 0.935 bits per heavy atom. The number of aromatic nitrogens is 3. The van der Waals surface area contributed by atoms with Gasteiger partial charge >= 0.3 is 0 Å². The third-order valence-corrected chi connectivity index (χ3v) is 8.47. The molecule has 1 aliphatic heterocycles. The van der Waals surface area contributed by atoms with E-state index in [0.29, 0.717) is 11.2 Å². The molecule has 1 aromatic heterocycles. The molecule has 5 aliphatic rings. The first-order valence-corrected chi connectivity index (χ1v) is 12.2. The van der Waals surface area contributed by atoms with Crippen molar-refractivity contribution in [1.82, 2.24) is 24.8 Å². The molecule has 164 valence electrons. The molecule has 0 atom stereocenters. The van der Waals surface area contributed by atoms with E-state index in [9.17, 15) is 4.79 Å². The first kappa shape index (κ1) is 19.5. The topological polar surface area (TPSA) is 54.3 Å². The van der Waals surface area contributed by atoms with Gasteiger partial charge in [-0.05, 0) is 68.3 Å². The number of piperazine rings is 1. The summed E-state index contributed by atoms with van der Waals surface area (Å²) < 4.78 is 1.80. The fraction of sp³-hybridized carbons (Fsp3) is 0.640. The molecule has 0 radical (unpaired) electrons. The number of nitrogens with zero attached hydrogens (tertiary/aromatic N) is 5. The Hall–Kier alpha value is -2.21. The Labute approximate surface area is 184 Å². The van der Waals surface area contributed by atoms with E-state index in [0.717, 1.165) is 56.9 Å². The van der Waals surface area contributed by atoms with Crippen LogP contribution in [0.5, 0.6) is 0 Å². The SMILES string of the molecule is O=C(c1cn(CCc2ccccc2)nn1)N1CCN(C23CC4CC(CC(C4)C2)C3)CC1. The molecule has 0 unspecified atom stereocenters. The van der Waals surface area contributed by atoms with Gasteiger partial charge in [0.05, 0.1) is 6.20 Å². The molecule has 5 fully saturated rings. The van der Waals surface area contributed by atoms with Crippen molar-refractivity contribution in [2.45, 2.75) is 57.0 Å². The van der Waals surface area contributed by atoms with Gasteiger partial charge in [0.25, 0.3) is 5.91 Å². The molecule has 31 heavy (non-hydrogen) atoms. The van der Waals surface area contributed by atoms with Crippen LogP contribution in [0.25, 0.3) is 0 Å². The highest BCUT2D eigenvalue weighted by Crippen LogP contribution is 2.57. The van der Waals surface area contributed by atoms with Gasteiger partial charge in [-0.15, -0.1) is 5.10 Å². The lowest BCUT2D eigenvalue weighted by Crippen LogP contribution is -2.64. The Morgan fingerprint density at radius 3 is 2.23 bits per heavy atom. The summed E-state index contributed by atoms with van der Waals surface area (Å²) in [7, 11) is 0. The lowest BCUT2D eigenvalue weighted by atomic mass is 9.52. The number of carbonyl (C=O) groups excluding carboxylic acids is 1.